The number of fused-ring (bicyclic) bond motifs is 3. The summed E-state index contributed by atoms with van der Waals surface area (Å²) in [4.78, 5) is 16.4. The van der Waals surface area contributed by atoms with Gasteiger partial charge < -0.3 is 19.0 Å². The maximum Gasteiger partial charge on any atom is 0.417 e. The number of aromatic amines is 1. The van der Waals surface area contributed by atoms with Crippen LogP contribution in [-0.4, -0.2) is 34.3 Å². The van der Waals surface area contributed by atoms with Gasteiger partial charge in [0.15, 0.2) is 4.84 Å². The van der Waals surface area contributed by atoms with Gasteiger partial charge in [-0.3, -0.25) is 4.79 Å². The smallest absolute Gasteiger partial charge is 0.417 e. The molecule has 182 valence electrons. The number of carbonyl (C=O) groups excluding carboxylic acids is 1. The molecule has 1 N–H and O–H groups in total. The highest BCUT2D eigenvalue weighted by atomic mass is 35.5. The number of nitrogens with one attached hydrogen (secondary N) is 1. The third kappa shape index (κ3) is 4.15. The number of carbonyl (C=O) groups is 1. The number of hydrogen-bond donors (Lipinski definition) is 1. The molecule has 1 amide bonds. The van der Waals surface area contributed by atoms with Crippen molar-refractivity contribution in [3.8, 4) is 17.1 Å². The number of H-pyrrole nitrogens is 1. The van der Waals surface area contributed by atoms with E-state index in [1.807, 2.05) is 18.2 Å². The Hall–Kier alpha value is -3.10. The molecule has 2 aromatic heterocycles. The molecule has 5 nitrogen and oxygen atoms in total. The molecule has 0 radical (unpaired) electrons. The van der Waals surface area contributed by atoms with Crippen molar-refractivity contribution in [3.05, 3.63) is 77.2 Å². The zero-order chi connectivity index (χ0) is 24.9. The lowest BCUT2D eigenvalue weighted by molar-refractivity contribution is -0.137. The van der Waals surface area contributed by atoms with E-state index < -0.39 is 28.5 Å². The lowest BCUT2D eigenvalue weighted by Gasteiger charge is -2.35. The Morgan fingerprint density at radius 2 is 1.94 bits per heavy atom. The monoisotopic (exact) mass is 522 g/mol. The van der Waals surface area contributed by atoms with Crippen molar-refractivity contribution < 1.29 is 27.1 Å². The van der Waals surface area contributed by atoms with Gasteiger partial charge in [-0.1, -0.05) is 41.4 Å². The molecule has 3 heterocycles. The first-order valence-corrected chi connectivity index (χ1v) is 11.6. The summed E-state index contributed by atoms with van der Waals surface area (Å²) < 4.78 is 52.1. The summed E-state index contributed by atoms with van der Waals surface area (Å²) >= 11 is 11.8. The van der Waals surface area contributed by atoms with Crippen molar-refractivity contribution in [2.24, 2.45) is 0 Å². The van der Waals surface area contributed by atoms with Gasteiger partial charge in [-0.2, -0.15) is 13.2 Å². The summed E-state index contributed by atoms with van der Waals surface area (Å²) in [6.07, 6.45) is -4.03. The van der Waals surface area contributed by atoms with Gasteiger partial charge in [0.05, 0.1) is 18.4 Å². The number of alkyl halides is 5. The summed E-state index contributed by atoms with van der Waals surface area (Å²) in [6, 6.07) is 13.1. The molecule has 1 aliphatic heterocycles. The molecule has 0 saturated heterocycles. The van der Waals surface area contributed by atoms with Crippen LogP contribution in [0.1, 0.15) is 28.6 Å². The minimum absolute atomic E-state index is 0.0403. The Morgan fingerprint density at radius 1 is 1.17 bits per heavy atom. The van der Waals surface area contributed by atoms with Crippen molar-refractivity contribution in [2.75, 3.05) is 13.7 Å². The van der Waals surface area contributed by atoms with Crippen LogP contribution in [0.3, 0.4) is 0 Å². The quantitative estimate of drug-likeness (QED) is 0.302. The van der Waals surface area contributed by atoms with Crippen LogP contribution in [0.4, 0.5) is 13.2 Å². The molecule has 0 fully saturated rings. The molecular weight excluding hydrogens is 504 g/mol. The lowest BCUT2D eigenvalue weighted by atomic mass is 9.95. The number of halogens is 5. The number of rotatable bonds is 4. The summed E-state index contributed by atoms with van der Waals surface area (Å²) in [5, 5.41) is 0.930. The molecule has 10 heteroatoms. The first kappa shape index (κ1) is 23.6. The minimum atomic E-state index is -4.55. The third-order valence-corrected chi connectivity index (χ3v) is 6.57. The molecule has 1 aliphatic rings. The number of amides is 1. The van der Waals surface area contributed by atoms with Gasteiger partial charge in [-0.25, -0.2) is 0 Å². The highest BCUT2D eigenvalue weighted by molar-refractivity contribution is 6.53. The van der Waals surface area contributed by atoms with E-state index in [-0.39, 0.29) is 11.3 Å². The number of nitrogens with zero attached hydrogens (tertiary/aromatic N) is 1. The van der Waals surface area contributed by atoms with Gasteiger partial charge in [0.1, 0.15) is 23.3 Å². The van der Waals surface area contributed by atoms with Crippen LogP contribution in [0.2, 0.25) is 0 Å². The summed E-state index contributed by atoms with van der Waals surface area (Å²) in [6.45, 7) is 0.297. The molecule has 0 aliphatic carbocycles. The first-order valence-electron chi connectivity index (χ1n) is 10.7. The van der Waals surface area contributed by atoms with Crippen molar-refractivity contribution in [1.29, 1.82) is 0 Å². The van der Waals surface area contributed by atoms with E-state index in [1.54, 1.807) is 13.2 Å². The zero-order valence-corrected chi connectivity index (χ0v) is 19.8. The average molecular weight is 523 g/mol. The number of hydrogen-bond acceptors (Lipinski definition) is 3. The minimum Gasteiger partial charge on any atom is -0.497 e. The Bertz CT molecular complexity index is 1410. The molecule has 5 rings (SSSR count). The van der Waals surface area contributed by atoms with Crippen LogP contribution in [0.5, 0.6) is 5.75 Å². The fourth-order valence-corrected chi connectivity index (χ4v) is 4.89. The second-order valence-corrected chi connectivity index (χ2v) is 9.26. The van der Waals surface area contributed by atoms with Crippen molar-refractivity contribution >= 4 is 40.0 Å². The fraction of sp³-hybridized carbons (Fsp3) is 0.240. The molecular formula is C25H19Cl2F3N2O3. The SMILES string of the molecule is COc1ccc2[nH]c3c(c2c1)CCN(C(=O)C(Cl)Cl)C3c1ccc(-c2ccccc2C(F)(F)F)o1. The van der Waals surface area contributed by atoms with Crippen molar-refractivity contribution in [2.45, 2.75) is 23.5 Å². The van der Waals surface area contributed by atoms with Gasteiger partial charge in [0.25, 0.3) is 5.91 Å². The van der Waals surface area contributed by atoms with Gasteiger partial charge in [-0.05, 0) is 48.4 Å². The number of benzene rings is 2. The van der Waals surface area contributed by atoms with E-state index >= 15 is 0 Å². The summed E-state index contributed by atoms with van der Waals surface area (Å²) in [7, 11) is 1.58. The second-order valence-electron chi connectivity index (χ2n) is 8.16. The molecule has 1 atom stereocenters. The van der Waals surface area contributed by atoms with Crippen molar-refractivity contribution in [1.82, 2.24) is 9.88 Å². The standard InChI is InChI=1S/C25H19Cl2F3N2O3/c1-34-13-6-7-18-16(12-13)14-10-11-32(24(33)23(26)27)22(21(14)31-18)20-9-8-19(35-20)15-4-2-3-5-17(15)25(28,29)30/h2-9,12,22-23,31H,10-11H2,1H3. The molecule has 2 aromatic carbocycles. The molecule has 35 heavy (non-hydrogen) atoms. The molecule has 0 saturated carbocycles. The Balaban J connectivity index is 1.65. The van der Waals surface area contributed by atoms with Crippen LogP contribution in [0, 0.1) is 0 Å². The predicted octanol–water partition coefficient (Wildman–Crippen LogP) is 6.73. The van der Waals surface area contributed by atoms with Crippen molar-refractivity contribution in [3.63, 3.8) is 0 Å². The average Bonchev–Trinajstić information content (AvgIpc) is 3.47. The van der Waals surface area contributed by atoms with E-state index in [1.165, 1.54) is 29.2 Å². The second kappa shape index (κ2) is 8.84. The van der Waals surface area contributed by atoms with E-state index in [4.69, 9.17) is 32.4 Å². The number of ether oxygens (including phenoxy) is 1. The molecule has 4 aromatic rings. The number of aromatic nitrogens is 1. The van der Waals surface area contributed by atoms with Gasteiger partial charge >= 0.3 is 6.18 Å². The Labute approximate surface area is 208 Å². The van der Waals surface area contributed by atoms with Gasteiger partial charge in [0.2, 0.25) is 0 Å². The highest BCUT2D eigenvalue weighted by Gasteiger charge is 2.39. The predicted molar refractivity (Wildman–Crippen MR) is 127 cm³/mol. The number of furan rings is 1. The maximum atomic E-state index is 13.6. The van der Waals surface area contributed by atoms with E-state index in [0.29, 0.717) is 30.2 Å². The van der Waals surface area contributed by atoms with Crippen LogP contribution < -0.4 is 4.74 Å². The third-order valence-electron chi connectivity index (χ3n) is 6.20. The van der Waals surface area contributed by atoms with Crippen LogP contribution in [0.25, 0.3) is 22.2 Å². The van der Waals surface area contributed by atoms with E-state index in [2.05, 4.69) is 4.98 Å². The summed E-state index contributed by atoms with van der Waals surface area (Å²) in [5.41, 5.74) is 1.58. The highest BCUT2D eigenvalue weighted by Crippen LogP contribution is 2.43. The molecule has 1 unspecified atom stereocenters. The van der Waals surface area contributed by atoms with Crippen LogP contribution in [0.15, 0.2) is 59.0 Å². The lowest BCUT2D eigenvalue weighted by Crippen LogP contribution is -2.42. The van der Waals surface area contributed by atoms with Gasteiger partial charge in [-0.15, -0.1) is 0 Å². The molecule has 0 spiro atoms. The number of methoxy groups -OCH3 is 1. The Morgan fingerprint density at radius 3 is 2.66 bits per heavy atom. The maximum absolute atomic E-state index is 13.6. The normalized spacial score (nSPS) is 16.1. The fourth-order valence-electron chi connectivity index (χ4n) is 4.64. The first-order chi connectivity index (χ1) is 16.7. The molecule has 0 bridgehead atoms. The summed E-state index contributed by atoms with van der Waals surface area (Å²) in [5.74, 6) is 0.492. The van der Waals surface area contributed by atoms with Crippen LogP contribution >= 0.6 is 23.2 Å². The van der Waals surface area contributed by atoms with E-state index in [0.717, 1.165) is 22.5 Å². The Kier molecular flexibility index (Phi) is 5.97. The topological polar surface area (TPSA) is 58.5 Å². The largest absolute Gasteiger partial charge is 0.497 e. The van der Waals surface area contributed by atoms with Crippen LogP contribution in [-0.2, 0) is 17.4 Å². The van der Waals surface area contributed by atoms with E-state index in [9.17, 15) is 18.0 Å². The van der Waals surface area contributed by atoms with Gasteiger partial charge in [0, 0.05) is 23.0 Å². The zero-order valence-electron chi connectivity index (χ0n) is 18.3.